The van der Waals surface area contributed by atoms with Crippen LogP contribution in [0, 0.1) is 39.9 Å². The van der Waals surface area contributed by atoms with Gasteiger partial charge in [0.1, 0.15) is 0 Å². The van der Waals surface area contributed by atoms with Crippen LogP contribution in [0.3, 0.4) is 0 Å². The van der Waals surface area contributed by atoms with Crippen molar-refractivity contribution >= 4 is 5.97 Å². The second-order valence-electron chi connectivity index (χ2n) is 10.0. The summed E-state index contributed by atoms with van der Waals surface area (Å²) in [7, 11) is 1.53. The van der Waals surface area contributed by atoms with E-state index in [9.17, 15) is 9.90 Å². The second kappa shape index (κ2) is 5.69. The van der Waals surface area contributed by atoms with Crippen molar-refractivity contribution in [2.24, 2.45) is 45.7 Å². The minimum atomic E-state index is -0.363. The molecule has 8 atom stereocenters. The molecule has 5 fully saturated rings. The number of rotatable bonds is 2. The zero-order valence-electron chi connectivity index (χ0n) is 16.1. The third kappa shape index (κ3) is 2.10. The van der Waals surface area contributed by atoms with Gasteiger partial charge in [-0.3, -0.25) is 4.79 Å². The van der Waals surface area contributed by atoms with Gasteiger partial charge in [0, 0.05) is 11.3 Å². The van der Waals surface area contributed by atoms with Crippen LogP contribution >= 0.6 is 0 Å². The number of carbonyl (C=O) groups excluding carboxylic acids is 1. The van der Waals surface area contributed by atoms with Gasteiger partial charge in [-0.1, -0.05) is 13.3 Å². The number of aliphatic hydroxyl groups is 1. The minimum absolute atomic E-state index is 0.0271. The molecule has 142 valence electrons. The molecule has 0 aliphatic heterocycles. The normalized spacial score (nSPS) is 54.5. The zero-order valence-corrected chi connectivity index (χ0v) is 16.1. The summed E-state index contributed by atoms with van der Waals surface area (Å²) in [5, 5.41) is 11.3. The molecule has 5 aliphatic carbocycles. The average molecular weight is 350 g/mol. The summed E-state index contributed by atoms with van der Waals surface area (Å²) in [6.07, 6.45) is 8.63. The Morgan fingerprint density at radius 3 is 2.56 bits per heavy atom. The largest absolute Gasteiger partial charge is 0.469 e. The number of ether oxygens (including phenoxy) is 1. The highest BCUT2D eigenvalue weighted by atomic mass is 16.5. The number of hydrogen-bond acceptors (Lipinski definition) is 4. The summed E-state index contributed by atoms with van der Waals surface area (Å²) in [5.41, 5.74) is 5.86. The fraction of sp³-hybridized carbons (Fsp3) is 0.952. The summed E-state index contributed by atoms with van der Waals surface area (Å²) in [6.45, 7) is 5.17. The molecule has 5 aliphatic rings. The van der Waals surface area contributed by atoms with Crippen LogP contribution in [0.2, 0.25) is 0 Å². The Hall–Kier alpha value is -0.610. The lowest BCUT2D eigenvalue weighted by Crippen LogP contribution is -2.67. The number of nitrogens with two attached hydrogens (primary N) is 1. The van der Waals surface area contributed by atoms with Crippen molar-refractivity contribution in [1.29, 1.82) is 0 Å². The first-order valence-corrected chi connectivity index (χ1v) is 10.3. The van der Waals surface area contributed by atoms with Crippen molar-refractivity contribution in [2.45, 2.75) is 71.3 Å². The van der Waals surface area contributed by atoms with Crippen molar-refractivity contribution in [3.05, 3.63) is 0 Å². The number of aliphatic hydroxyl groups excluding tert-OH is 1. The van der Waals surface area contributed by atoms with Gasteiger partial charge in [-0.15, -0.1) is 0 Å². The molecule has 0 heterocycles. The van der Waals surface area contributed by atoms with Gasteiger partial charge in [0.2, 0.25) is 0 Å². The first-order chi connectivity index (χ1) is 11.8. The molecular weight excluding hydrogens is 314 g/mol. The lowest BCUT2D eigenvalue weighted by molar-refractivity contribution is -0.243. The van der Waals surface area contributed by atoms with Gasteiger partial charge < -0.3 is 15.6 Å². The zero-order chi connectivity index (χ0) is 18.0. The smallest absolute Gasteiger partial charge is 0.311 e. The van der Waals surface area contributed by atoms with Crippen molar-refractivity contribution in [3.63, 3.8) is 0 Å². The van der Waals surface area contributed by atoms with Gasteiger partial charge in [-0.25, -0.2) is 0 Å². The fourth-order valence-electron chi connectivity index (χ4n) is 8.27. The highest BCUT2D eigenvalue weighted by molar-refractivity contribution is 5.77. The Balaban J connectivity index is 1.73. The lowest BCUT2D eigenvalue weighted by Gasteiger charge is -2.70. The maximum absolute atomic E-state index is 12.7. The molecule has 5 saturated carbocycles. The van der Waals surface area contributed by atoms with Crippen LogP contribution in [0.15, 0.2) is 0 Å². The van der Waals surface area contributed by atoms with Gasteiger partial charge in [-0.2, -0.15) is 0 Å². The third-order valence-corrected chi connectivity index (χ3v) is 9.41. The molecule has 3 N–H and O–H groups in total. The summed E-state index contributed by atoms with van der Waals surface area (Å²) in [4.78, 5) is 12.7. The van der Waals surface area contributed by atoms with Gasteiger partial charge in [0.05, 0.1) is 18.6 Å². The molecule has 0 amide bonds. The summed E-state index contributed by atoms with van der Waals surface area (Å²) >= 11 is 0. The van der Waals surface area contributed by atoms with Crippen LogP contribution in [0.1, 0.15) is 65.2 Å². The highest BCUT2D eigenvalue weighted by Crippen LogP contribution is 2.72. The quantitative estimate of drug-likeness (QED) is 0.751. The standard InChI is InChI=1S/C21H35NO3/c1-19-7-4-8-20(2,18(24)25-3)15(19)6-10-21-9-5-13(11-16(19)21)14(12-22)17(21)23/h13-17,23H,4-12,22H2,1-3H3/t13-,14+,15+,16+,17-,19-,20-,21+/m1/s1. The SMILES string of the molecule is COC(=O)[C@]1(C)CCC[C@@]2(C)[C@@H]3C[C@H]4CC[C@@]3(CC[C@@H]21)[C@H](O)[C@H]4CN. The Kier molecular flexibility index (Phi) is 4.05. The molecule has 0 saturated heterocycles. The van der Waals surface area contributed by atoms with E-state index in [0.29, 0.717) is 24.3 Å². The topological polar surface area (TPSA) is 72.5 Å². The monoisotopic (exact) mass is 349 g/mol. The molecule has 0 aromatic carbocycles. The number of esters is 1. The second-order valence-corrected chi connectivity index (χ2v) is 10.0. The Bertz CT molecular complexity index is 565. The predicted molar refractivity (Wildman–Crippen MR) is 96.6 cm³/mol. The molecule has 1 spiro atoms. The van der Waals surface area contributed by atoms with E-state index in [1.165, 1.54) is 26.4 Å². The summed E-state index contributed by atoms with van der Waals surface area (Å²) in [5.74, 6) is 1.72. The minimum Gasteiger partial charge on any atom is -0.469 e. The van der Waals surface area contributed by atoms with Crippen LogP contribution in [0.4, 0.5) is 0 Å². The summed E-state index contributed by atoms with van der Waals surface area (Å²) in [6, 6.07) is 0. The van der Waals surface area contributed by atoms with Gasteiger partial charge in [0.15, 0.2) is 0 Å². The van der Waals surface area contributed by atoms with Gasteiger partial charge in [0.25, 0.3) is 0 Å². The van der Waals surface area contributed by atoms with Crippen LogP contribution in [0.5, 0.6) is 0 Å². The molecular formula is C21H35NO3. The molecule has 5 rings (SSSR count). The number of hydrogen-bond donors (Lipinski definition) is 2. The van der Waals surface area contributed by atoms with Crippen molar-refractivity contribution in [3.8, 4) is 0 Å². The Labute approximate surface area is 151 Å². The highest BCUT2D eigenvalue weighted by Gasteiger charge is 2.68. The Morgan fingerprint density at radius 1 is 1.16 bits per heavy atom. The molecule has 0 aromatic heterocycles. The van der Waals surface area contributed by atoms with Crippen LogP contribution in [-0.2, 0) is 9.53 Å². The van der Waals surface area contributed by atoms with Crippen molar-refractivity contribution in [1.82, 2.24) is 0 Å². The molecule has 4 heteroatoms. The molecule has 4 nitrogen and oxygen atoms in total. The average Bonchev–Trinajstić information content (AvgIpc) is 2.61. The molecule has 0 aromatic rings. The van der Waals surface area contributed by atoms with E-state index in [1.807, 2.05) is 0 Å². The first-order valence-electron chi connectivity index (χ1n) is 10.3. The van der Waals surface area contributed by atoms with E-state index in [0.717, 1.165) is 32.1 Å². The van der Waals surface area contributed by atoms with Crippen LogP contribution in [-0.4, -0.2) is 30.8 Å². The van der Waals surface area contributed by atoms with E-state index in [4.69, 9.17) is 10.5 Å². The number of fused-ring (bicyclic) bond motifs is 3. The molecule has 25 heavy (non-hydrogen) atoms. The number of carbonyl (C=O) groups is 1. The first kappa shape index (κ1) is 17.8. The van der Waals surface area contributed by atoms with Gasteiger partial charge >= 0.3 is 5.97 Å². The summed E-state index contributed by atoms with van der Waals surface area (Å²) < 4.78 is 5.23. The van der Waals surface area contributed by atoms with E-state index < -0.39 is 0 Å². The van der Waals surface area contributed by atoms with Gasteiger partial charge in [-0.05, 0) is 81.6 Å². The fourth-order valence-corrected chi connectivity index (χ4v) is 8.27. The van der Waals surface area contributed by atoms with E-state index >= 15 is 0 Å². The molecule has 0 unspecified atom stereocenters. The van der Waals surface area contributed by atoms with Crippen molar-refractivity contribution in [2.75, 3.05) is 13.7 Å². The lowest BCUT2D eigenvalue weighted by atomic mass is 9.35. The molecule has 2 bridgehead atoms. The van der Waals surface area contributed by atoms with E-state index in [2.05, 4.69) is 13.8 Å². The van der Waals surface area contributed by atoms with E-state index in [-0.39, 0.29) is 34.2 Å². The maximum atomic E-state index is 12.7. The number of methoxy groups -OCH3 is 1. The maximum Gasteiger partial charge on any atom is 0.311 e. The Morgan fingerprint density at radius 2 is 1.88 bits per heavy atom. The van der Waals surface area contributed by atoms with Crippen LogP contribution < -0.4 is 5.73 Å². The van der Waals surface area contributed by atoms with Crippen LogP contribution in [0.25, 0.3) is 0 Å². The third-order valence-electron chi connectivity index (χ3n) is 9.41. The molecule has 0 radical (unpaired) electrons. The van der Waals surface area contributed by atoms with Crippen molar-refractivity contribution < 1.29 is 14.6 Å². The predicted octanol–water partition coefficient (Wildman–Crippen LogP) is 3.12. The van der Waals surface area contributed by atoms with E-state index in [1.54, 1.807) is 0 Å².